The summed E-state index contributed by atoms with van der Waals surface area (Å²) in [5.41, 5.74) is 21.9. The van der Waals surface area contributed by atoms with Gasteiger partial charge in [0.05, 0.1) is 22.7 Å². The summed E-state index contributed by atoms with van der Waals surface area (Å²) in [5, 5.41) is 20.1. The van der Waals surface area contributed by atoms with Crippen LogP contribution in [0.5, 0.6) is 0 Å². The summed E-state index contributed by atoms with van der Waals surface area (Å²) in [4.78, 5) is 4.96. The Morgan fingerprint density at radius 3 is 0.875 bits per heavy atom. The molecule has 96 heavy (non-hydrogen) atoms. The second-order valence-electron chi connectivity index (χ2n) is 27.5. The Labute approximate surface area is 559 Å². The molecule has 2 nitrogen and oxygen atoms in total. The molecule has 0 radical (unpaired) electrons. The van der Waals surface area contributed by atoms with Gasteiger partial charge in [-0.15, -0.1) is 0 Å². The van der Waals surface area contributed by atoms with E-state index in [2.05, 4.69) is 365 Å². The zero-order valence-corrected chi connectivity index (χ0v) is 54.1. The van der Waals surface area contributed by atoms with Crippen LogP contribution in [0, 0.1) is 0 Å². The molecular weight excluding hydrogens is 1160 g/mol. The van der Waals surface area contributed by atoms with E-state index in [-0.39, 0.29) is 10.8 Å². The predicted molar refractivity (Wildman–Crippen MR) is 413 cm³/mol. The van der Waals surface area contributed by atoms with Crippen LogP contribution < -0.4 is 9.80 Å². The number of hydrogen-bond donors (Lipinski definition) is 0. The molecule has 0 saturated heterocycles. The van der Waals surface area contributed by atoms with Gasteiger partial charge in [-0.1, -0.05) is 307 Å². The van der Waals surface area contributed by atoms with Crippen molar-refractivity contribution in [3.05, 3.63) is 348 Å². The van der Waals surface area contributed by atoms with Crippen LogP contribution in [0.3, 0.4) is 0 Å². The van der Waals surface area contributed by atoms with E-state index in [1.165, 1.54) is 176 Å². The topological polar surface area (TPSA) is 6.48 Å². The molecule has 2 aliphatic rings. The van der Waals surface area contributed by atoms with Crippen LogP contribution in [0.25, 0.3) is 133 Å². The van der Waals surface area contributed by atoms with E-state index in [1.54, 1.807) is 0 Å². The average Bonchev–Trinajstić information content (AvgIpc) is 1.57. The van der Waals surface area contributed by atoms with E-state index >= 15 is 0 Å². The molecule has 17 aromatic carbocycles. The maximum atomic E-state index is 2.48. The van der Waals surface area contributed by atoms with Crippen molar-refractivity contribution in [3.8, 4) is 22.3 Å². The number of rotatable bonds is 10. The third-order valence-electron chi connectivity index (χ3n) is 21.6. The highest BCUT2D eigenvalue weighted by atomic mass is 15.2. The molecule has 0 heterocycles. The van der Waals surface area contributed by atoms with E-state index in [1.807, 2.05) is 0 Å². The maximum Gasteiger partial charge on any atom is 0.0540 e. The van der Waals surface area contributed by atoms with Crippen LogP contribution >= 0.6 is 0 Å². The molecule has 0 spiro atoms. The molecule has 0 fully saturated rings. The van der Waals surface area contributed by atoms with Crippen LogP contribution in [-0.2, 0) is 10.8 Å². The van der Waals surface area contributed by atoms with E-state index in [0.29, 0.717) is 0 Å². The maximum absolute atomic E-state index is 2.48. The fourth-order valence-corrected chi connectivity index (χ4v) is 16.8. The predicted octanol–water partition coefficient (Wildman–Crippen LogP) is 26.2. The lowest BCUT2D eigenvalue weighted by atomic mass is 9.81. The van der Waals surface area contributed by atoms with Gasteiger partial charge in [0, 0.05) is 43.7 Å². The smallest absolute Gasteiger partial charge is 0.0540 e. The van der Waals surface area contributed by atoms with Crippen molar-refractivity contribution in [3.63, 3.8) is 0 Å². The fraction of sp³-hybridized carbons (Fsp3) is 0.0638. The van der Waals surface area contributed by atoms with Crippen molar-refractivity contribution in [2.75, 3.05) is 9.80 Å². The van der Waals surface area contributed by atoms with Crippen molar-refractivity contribution in [2.45, 2.75) is 38.5 Å². The van der Waals surface area contributed by atoms with Crippen molar-refractivity contribution < 1.29 is 0 Å². The van der Waals surface area contributed by atoms with E-state index in [4.69, 9.17) is 0 Å². The summed E-state index contributed by atoms with van der Waals surface area (Å²) in [5.74, 6) is 0. The molecule has 0 atom stereocenters. The van der Waals surface area contributed by atoms with Crippen molar-refractivity contribution in [2.24, 2.45) is 0 Å². The third-order valence-corrected chi connectivity index (χ3v) is 21.6. The third kappa shape index (κ3) is 8.51. The standard InChI is InChI=1S/C94H66N2/c1-93(2)83-55-59(41-49-75(83)77-53-47-67(57-85(77)93)95(87-35-13-23-61-19-5-9-27-69(61)87)88-36-14-24-62-20-6-10-28-70(62)88)39-43-65-45-51-81-80-34-18-32-74-66(46-52-82(92(74)80)79-33-17-31-73(65)91(79)81)44-40-60-42-50-76-78-54-48-68(58-86(78)94(3,4)84(76)56-60)96(89-37-15-25-63-21-7-11-29-71(63)89)90-38-16-26-64-22-8-12-30-72(64)90/h5-58H,1-4H3. The Balaban J connectivity index is 0.628. The Bertz CT molecular complexity index is 5600. The minimum Gasteiger partial charge on any atom is -0.309 e. The van der Waals surface area contributed by atoms with Gasteiger partial charge in [-0.2, -0.15) is 0 Å². The normalized spacial score (nSPS) is 13.7. The first kappa shape index (κ1) is 55.8. The van der Waals surface area contributed by atoms with Crippen LogP contribution in [0.15, 0.2) is 303 Å². The average molecular weight is 1220 g/mol. The molecule has 0 aliphatic heterocycles. The van der Waals surface area contributed by atoms with Gasteiger partial charge >= 0.3 is 0 Å². The molecular formula is C94H66N2. The summed E-state index contributed by atoms with van der Waals surface area (Å²) >= 11 is 0. The molecule has 2 aliphatic carbocycles. The molecule has 0 bridgehead atoms. The van der Waals surface area contributed by atoms with E-state index < -0.39 is 0 Å². The Morgan fingerprint density at radius 1 is 0.229 bits per heavy atom. The quantitative estimate of drug-likeness (QED) is 0.0765. The van der Waals surface area contributed by atoms with Gasteiger partial charge < -0.3 is 9.80 Å². The molecule has 17 aromatic rings. The zero-order valence-electron chi connectivity index (χ0n) is 54.1. The molecule has 0 unspecified atom stereocenters. The monoisotopic (exact) mass is 1220 g/mol. The Kier molecular flexibility index (Phi) is 12.4. The zero-order chi connectivity index (χ0) is 64.0. The molecule has 0 amide bonds. The Morgan fingerprint density at radius 2 is 0.510 bits per heavy atom. The first-order valence-corrected chi connectivity index (χ1v) is 33.7. The van der Waals surface area contributed by atoms with Crippen LogP contribution in [0.2, 0.25) is 0 Å². The van der Waals surface area contributed by atoms with Gasteiger partial charge in [-0.05, 0) is 180 Å². The highest BCUT2D eigenvalue weighted by molar-refractivity contribution is 6.34. The van der Waals surface area contributed by atoms with Crippen LogP contribution in [-0.4, -0.2) is 0 Å². The number of anilines is 6. The largest absolute Gasteiger partial charge is 0.309 e. The van der Waals surface area contributed by atoms with E-state index in [0.717, 1.165) is 11.4 Å². The minimum atomic E-state index is -0.236. The number of benzene rings is 17. The van der Waals surface area contributed by atoms with Gasteiger partial charge in [-0.3, -0.25) is 0 Å². The fourth-order valence-electron chi connectivity index (χ4n) is 16.8. The summed E-state index contributed by atoms with van der Waals surface area (Å²) in [6.45, 7) is 9.60. The molecule has 0 N–H and O–H groups in total. The van der Waals surface area contributed by atoms with Crippen LogP contribution in [0.4, 0.5) is 34.1 Å². The lowest BCUT2D eigenvalue weighted by molar-refractivity contribution is 0.660. The van der Waals surface area contributed by atoms with Crippen molar-refractivity contribution in [1.29, 1.82) is 0 Å². The van der Waals surface area contributed by atoms with E-state index in [9.17, 15) is 0 Å². The molecule has 452 valence electrons. The first-order chi connectivity index (χ1) is 47.1. The first-order valence-electron chi connectivity index (χ1n) is 33.7. The minimum absolute atomic E-state index is 0.236. The second kappa shape index (κ2) is 21.3. The number of hydrogen-bond acceptors (Lipinski definition) is 2. The summed E-state index contributed by atoms with van der Waals surface area (Å²) in [7, 11) is 0. The molecule has 0 aromatic heterocycles. The highest BCUT2D eigenvalue weighted by Gasteiger charge is 2.38. The van der Waals surface area contributed by atoms with Crippen LogP contribution in [0.1, 0.15) is 72.2 Å². The molecule has 19 rings (SSSR count). The van der Waals surface area contributed by atoms with Crippen molar-refractivity contribution in [1.82, 2.24) is 0 Å². The van der Waals surface area contributed by atoms with Gasteiger partial charge in [-0.25, -0.2) is 0 Å². The number of fused-ring (bicyclic) bond motifs is 12. The van der Waals surface area contributed by atoms with Gasteiger partial charge in [0.15, 0.2) is 0 Å². The molecule has 2 heteroatoms. The number of nitrogens with zero attached hydrogens (tertiary/aromatic N) is 2. The summed E-state index contributed by atoms with van der Waals surface area (Å²) in [6.07, 6.45) is 9.30. The lowest BCUT2D eigenvalue weighted by Gasteiger charge is -2.30. The molecule has 0 saturated carbocycles. The Hall–Kier alpha value is -11.8. The highest BCUT2D eigenvalue weighted by Crippen LogP contribution is 2.55. The second-order valence-corrected chi connectivity index (χ2v) is 27.5. The lowest BCUT2D eigenvalue weighted by Crippen LogP contribution is -2.17. The van der Waals surface area contributed by atoms with Gasteiger partial charge in [0.25, 0.3) is 0 Å². The SMILES string of the molecule is CC1(C)c2cc(C=Cc3ccc4c5cccc6c(C=Cc7ccc8c(c7)C(C)(C)c7cc(N(c9cccc%10ccccc9%10)c9cccc%10ccccc9%10)ccc7-8)ccc(c7cccc3c74)c65)ccc2-c2ccc(N(c3cccc4ccccc34)c3cccc4ccccc34)cc21. The van der Waals surface area contributed by atoms with Crippen molar-refractivity contribution >= 4 is 145 Å². The summed E-state index contributed by atoms with van der Waals surface area (Å²) < 4.78 is 0. The van der Waals surface area contributed by atoms with Gasteiger partial charge in [0.2, 0.25) is 0 Å². The summed E-state index contributed by atoms with van der Waals surface area (Å²) in [6, 6.07) is 113. The van der Waals surface area contributed by atoms with Gasteiger partial charge in [0.1, 0.15) is 0 Å².